The molecule has 0 amide bonds. The maximum atomic E-state index is 12.4. The van der Waals surface area contributed by atoms with Crippen LogP contribution in [0.15, 0.2) is 42.5 Å². The van der Waals surface area contributed by atoms with Crippen LogP contribution in [0.2, 0.25) is 0 Å². The molecule has 0 aliphatic carbocycles. The van der Waals surface area contributed by atoms with Crippen LogP contribution in [0.4, 0.5) is 0 Å². The Morgan fingerprint density at radius 1 is 1.03 bits per heavy atom. The van der Waals surface area contributed by atoms with E-state index in [9.17, 15) is 9.36 Å². The lowest BCUT2D eigenvalue weighted by Gasteiger charge is -2.24. The highest BCUT2D eigenvalue weighted by molar-refractivity contribution is 7.51. The van der Waals surface area contributed by atoms with Gasteiger partial charge in [0, 0.05) is 16.8 Å². The van der Waals surface area contributed by atoms with Crippen molar-refractivity contribution in [2.45, 2.75) is 63.8 Å². The number of nitrogens with two attached hydrogens (primary N) is 1. The number of unbranched alkanes of at least 4 members (excludes halogenated alkanes) is 2. The van der Waals surface area contributed by atoms with Crippen LogP contribution in [-0.2, 0) is 17.4 Å². The summed E-state index contributed by atoms with van der Waals surface area (Å²) in [6.07, 6.45) is 6.09. The fourth-order valence-corrected chi connectivity index (χ4v) is 4.93. The second kappa shape index (κ2) is 11.2. The smallest absolute Gasteiger partial charge is 0.325 e. The van der Waals surface area contributed by atoms with Crippen LogP contribution < -0.4 is 5.73 Å². The second-order valence-electron chi connectivity index (χ2n) is 8.03. The molecule has 2 rings (SSSR count). The third-order valence-corrected chi connectivity index (χ3v) is 7.06. The van der Waals surface area contributed by atoms with Gasteiger partial charge in [-0.1, -0.05) is 36.8 Å². The first-order valence-corrected chi connectivity index (χ1v) is 12.8. The van der Waals surface area contributed by atoms with E-state index in [4.69, 9.17) is 15.5 Å². The van der Waals surface area contributed by atoms with Gasteiger partial charge in [0.05, 0.1) is 11.0 Å². The van der Waals surface area contributed by atoms with E-state index in [1.54, 1.807) is 0 Å². The summed E-state index contributed by atoms with van der Waals surface area (Å²) in [7, 11) is -4.02. The maximum Gasteiger partial charge on any atom is 0.325 e. The zero-order chi connectivity index (χ0) is 21.3. The van der Waals surface area contributed by atoms with Crippen molar-refractivity contribution in [3.05, 3.63) is 57.8 Å². The fourth-order valence-electron chi connectivity index (χ4n) is 3.16. The highest BCUT2D eigenvalue weighted by Gasteiger charge is 2.24. The quantitative estimate of drug-likeness (QED) is 0.234. The van der Waals surface area contributed by atoms with Crippen molar-refractivity contribution in [1.82, 2.24) is 0 Å². The van der Waals surface area contributed by atoms with Crippen LogP contribution in [0.3, 0.4) is 0 Å². The standard InChI is InChI=1S/C22H32NO4PS/c1-22(23,16-17-28(25,26)27)15-14-19-12-13-21(29-19)20(24)11-7-3-6-10-18-8-4-2-5-9-18/h2,4-5,8-9,12-13H,3,6-7,10-11,14-17,23H2,1H3,(H2,25,26,27). The average Bonchev–Trinajstić information content (AvgIpc) is 3.14. The van der Waals surface area contributed by atoms with Gasteiger partial charge in [-0.05, 0) is 63.1 Å². The Bertz CT molecular complexity index is 813. The van der Waals surface area contributed by atoms with Gasteiger partial charge >= 0.3 is 7.60 Å². The molecule has 1 heterocycles. The predicted molar refractivity (Wildman–Crippen MR) is 120 cm³/mol. The molecule has 29 heavy (non-hydrogen) atoms. The van der Waals surface area contributed by atoms with E-state index in [1.165, 1.54) is 16.9 Å². The third-order valence-electron chi connectivity index (χ3n) is 5.07. The van der Waals surface area contributed by atoms with Gasteiger partial charge in [0.25, 0.3) is 0 Å². The average molecular weight is 438 g/mol. The van der Waals surface area contributed by atoms with Gasteiger partial charge in [-0.25, -0.2) is 0 Å². The van der Waals surface area contributed by atoms with Gasteiger partial charge in [0.2, 0.25) is 0 Å². The van der Waals surface area contributed by atoms with Crippen LogP contribution in [0.1, 0.15) is 65.6 Å². The van der Waals surface area contributed by atoms with Crippen LogP contribution in [-0.4, -0.2) is 27.3 Å². The highest BCUT2D eigenvalue weighted by atomic mass is 32.1. The first kappa shape index (κ1) is 24.0. The maximum absolute atomic E-state index is 12.4. The Labute approximate surface area is 177 Å². The normalized spacial score (nSPS) is 13.9. The number of thiophene rings is 1. The van der Waals surface area contributed by atoms with E-state index in [0.29, 0.717) is 19.3 Å². The molecule has 0 fully saturated rings. The summed E-state index contributed by atoms with van der Waals surface area (Å²) in [5, 5.41) is 0. The summed E-state index contributed by atoms with van der Waals surface area (Å²) < 4.78 is 11.0. The number of hydrogen-bond acceptors (Lipinski definition) is 4. The number of carbonyl (C=O) groups is 1. The molecule has 0 aliphatic rings. The summed E-state index contributed by atoms with van der Waals surface area (Å²) in [5.74, 6) is 0.193. The molecule has 1 aromatic heterocycles. The van der Waals surface area contributed by atoms with E-state index in [0.717, 1.165) is 35.4 Å². The Morgan fingerprint density at radius 3 is 2.45 bits per heavy atom. The number of hydrogen-bond donors (Lipinski definition) is 3. The van der Waals surface area contributed by atoms with Crippen molar-refractivity contribution < 1.29 is 19.1 Å². The number of ketones is 1. The summed E-state index contributed by atoms with van der Waals surface area (Å²) in [4.78, 5) is 32.3. The van der Waals surface area contributed by atoms with Gasteiger partial charge in [0.1, 0.15) is 0 Å². The Balaban J connectivity index is 1.68. The number of rotatable bonds is 13. The van der Waals surface area contributed by atoms with Crippen molar-refractivity contribution in [3.8, 4) is 0 Å². The predicted octanol–water partition coefficient (Wildman–Crippen LogP) is 4.95. The molecule has 4 N–H and O–H groups in total. The lowest BCUT2D eigenvalue weighted by molar-refractivity contribution is 0.0983. The zero-order valence-electron chi connectivity index (χ0n) is 17.0. The van der Waals surface area contributed by atoms with Crippen LogP contribution in [0.5, 0.6) is 0 Å². The summed E-state index contributed by atoms with van der Waals surface area (Å²) in [6, 6.07) is 14.3. The van der Waals surface area contributed by atoms with E-state index >= 15 is 0 Å². The number of Topliss-reactive ketones (excluding diaryl/α,β-unsaturated/α-hetero) is 1. The molecule has 0 radical (unpaired) electrons. The highest BCUT2D eigenvalue weighted by Crippen LogP contribution is 2.37. The lowest BCUT2D eigenvalue weighted by Crippen LogP contribution is -2.37. The minimum Gasteiger partial charge on any atom is -0.325 e. The van der Waals surface area contributed by atoms with Gasteiger partial charge in [0.15, 0.2) is 5.78 Å². The molecule has 1 aromatic carbocycles. The van der Waals surface area contributed by atoms with Gasteiger partial charge in [-0.2, -0.15) is 0 Å². The Kier molecular flexibility index (Phi) is 9.25. The molecule has 7 heteroatoms. The molecular weight excluding hydrogens is 405 g/mol. The fraction of sp³-hybridized carbons (Fsp3) is 0.500. The van der Waals surface area contributed by atoms with Gasteiger partial charge in [-0.3, -0.25) is 9.36 Å². The van der Waals surface area contributed by atoms with E-state index < -0.39 is 13.1 Å². The molecular formula is C22H32NO4PS. The molecule has 2 aromatic rings. The second-order valence-corrected chi connectivity index (χ2v) is 11.0. The molecule has 1 atom stereocenters. The monoisotopic (exact) mass is 437 g/mol. The van der Waals surface area contributed by atoms with Crippen molar-refractivity contribution >= 4 is 24.7 Å². The van der Waals surface area contributed by atoms with Crippen LogP contribution >= 0.6 is 18.9 Å². The Hall–Kier alpha value is -1.30. The van der Waals surface area contributed by atoms with Gasteiger partial charge < -0.3 is 15.5 Å². The molecule has 0 spiro atoms. The number of benzene rings is 1. The molecule has 0 aliphatic heterocycles. The topological polar surface area (TPSA) is 101 Å². The number of aryl methyl sites for hydroxylation is 2. The van der Waals surface area contributed by atoms with Crippen molar-refractivity contribution in [2.75, 3.05) is 6.16 Å². The first-order valence-electron chi connectivity index (χ1n) is 10.1. The summed E-state index contributed by atoms with van der Waals surface area (Å²) in [5.41, 5.74) is 6.88. The number of carbonyl (C=O) groups excluding carboxylic acids is 1. The van der Waals surface area contributed by atoms with Crippen LogP contribution in [0, 0.1) is 0 Å². The van der Waals surface area contributed by atoms with Crippen molar-refractivity contribution in [2.24, 2.45) is 5.73 Å². The molecule has 5 nitrogen and oxygen atoms in total. The van der Waals surface area contributed by atoms with Crippen molar-refractivity contribution in [1.29, 1.82) is 0 Å². The van der Waals surface area contributed by atoms with E-state index in [-0.39, 0.29) is 18.4 Å². The van der Waals surface area contributed by atoms with E-state index in [2.05, 4.69) is 24.3 Å². The lowest BCUT2D eigenvalue weighted by atomic mass is 9.94. The summed E-state index contributed by atoms with van der Waals surface area (Å²) >= 11 is 1.51. The largest absolute Gasteiger partial charge is 0.325 e. The molecule has 0 saturated carbocycles. The molecule has 1 unspecified atom stereocenters. The minimum absolute atomic E-state index is 0.193. The zero-order valence-corrected chi connectivity index (χ0v) is 18.8. The molecule has 160 valence electrons. The van der Waals surface area contributed by atoms with Gasteiger partial charge in [-0.15, -0.1) is 11.3 Å². The molecule has 0 bridgehead atoms. The first-order chi connectivity index (χ1) is 13.6. The van der Waals surface area contributed by atoms with Crippen molar-refractivity contribution in [3.63, 3.8) is 0 Å². The molecule has 0 saturated heterocycles. The minimum atomic E-state index is -4.02. The SMILES string of the molecule is CC(N)(CCc1ccc(C(=O)CCCCCc2ccccc2)s1)CCP(=O)(O)O. The third kappa shape index (κ3) is 9.83. The van der Waals surface area contributed by atoms with Crippen LogP contribution in [0.25, 0.3) is 0 Å². The Morgan fingerprint density at radius 2 is 1.76 bits per heavy atom. The van der Waals surface area contributed by atoms with E-state index in [1.807, 2.05) is 25.1 Å². The summed E-state index contributed by atoms with van der Waals surface area (Å²) in [6.45, 7) is 1.82.